The summed E-state index contributed by atoms with van der Waals surface area (Å²) in [5.41, 5.74) is 5.48. The molecule has 13 nitrogen and oxygen atoms in total. The number of benzene rings is 6. The molecule has 0 spiro atoms. The Morgan fingerprint density at radius 3 is 1.68 bits per heavy atom. The molecular formula is C62H63ClN2O11. The van der Waals surface area contributed by atoms with Crippen LogP contribution in [-0.4, -0.2) is 73.7 Å². The molecule has 0 aromatic heterocycles. The Morgan fingerprint density at radius 2 is 1.11 bits per heavy atom. The number of carboxylic acids is 2. The van der Waals surface area contributed by atoms with Gasteiger partial charge in [-0.25, -0.2) is 9.59 Å². The zero-order chi connectivity index (χ0) is 52.8. The molecular weight excluding hydrogens is 984 g/mol. The number of halogens is 1. The predicted molar refractivity (Wildman–Crippen MR) is 285 cm³/mol. The van der Waals surface area contributed by atoms with E-state index in [1.165, 1.54) is 9.80 Å². The molecule has 4 aliphatic rings. The number of hydrogen-bond acceptors (Lipinski definition) is 9. The second kappa shape index (κ2) is 23.4. The van der Waals surface area contributed by atoms with E-state index in [4.69, 9.17) is 35.3 Å². The Morgan fingerprint density at radius 1 is 0.605 bits per heavy atom. The van der Waals surface area contributed by atoms with E-state index in [-0.39, 0.29) is 51.4 Å². The number of carboxylic acid groups (broad SMARTS) is 2. The molecule has 0 bridgehead atoms. The van der Waals surface area contributed by atoms with Crippen molar-refractivity contribution in [2.75, 3.05) is 0 Å². The molecule has 2 fully saturated rings. The highest BCUT2D eigenvalue weighted by Crippen LogP contribution is 2.43. The summed E-state index contributed by atoms with van der Waals surface area (Å²) in [7, 11) is 0. The van der Waals surface area contributed by atoms with Crippen LogP contribution in [0.15, 0.2) is 146 Å². The van der Waals surface area contributed by atoms with E-state index < -0.39 is 53.6 Å². The van der Waals surface area contributed by atoms with Gasteiger partial charge in [-0.1, -0.05) is 152 Å². The normalized spacial score (nSPS) is 20.6. The summed E-state index contributed by atoms with van der Waals surface area (Å²) in [5, 5.41) is 21.8. The smallest absolute Gasteiger partial charge is 0.326 e. The molecule has 2 heterocycles. The molecule has 14 heteroatoms. The number of aliphatic carboxylic acids is 2. The van der Waals surface area contributed by atoms with Crippen LogP contribution in [0.5, 0.6) is 17.2 Å². The Bertz CT molecular complexity index is 3000. The first-order valence-electron chi connectivity index (χ1n) is 26.4. The maximum atomic E-state index is 14.9. The first kappa shape index (κ1) is 52.3. The van der Waals surface area contributed by atoms with Gasteiger partial charge >= 0.3 is 11.9 Å². The van der Waals surface area contributed by atoms with Crippen molar-refractivity contribution < 1.29 is 53.1 Å². The van der Waals surface area contributed by atoms with Crippen molar-refractivity contribution in [3.63, 3.8) is 0 Å². The summed E-state index contributed by atoms with van der Waals surface area (Å²) in [6.45, 7) is 2.54. The zero-order valence-corrected chi connectivity index (χ0v) is 43.3. The lowest BCUT2D eigenvalue weighted by molar-refractivity contribution is -0.166. The molecule has 2 saturated carbocycles. The van der Waals surface area contributed by atoms with Gasteiger partial charge in [0, 0.05) is 43.1 Å². The van der Waals surface area contributed by atoms with Crippen LogP contribution in [0.2, 0.25) is 5.02 Å². The predicted octanol–water partition coefficient (Wildman–Crippen LogP) is 11.4. The number of fused-ring (bicyclic) bond motifs is 2. The van der Waals surface area contributed by atoms with Gasteiger partial charge in [0.25, 0.3) is 11.8 Å². The first-order valence-corrected chi connectivity index (χ1v) is 26.7. The van der Waals surface area contributed by atoms with Crippen LogP contribution in [0.1, 0.15) is 115 Å². The lowest BCUT2D eigenvalue weighted by atomic mass is 9.91. The SMILES string of the molecule is CC1(OC(C(=O)N2Cc3cc(OC4CCC(OC(C(=O)N5Cc6ccc(Cl)c(OCc7ccccc7)c6CC5C(=O)O)c5ccccc5)CC4)cc(OCc4ccccc4)c3CC2C(=O)O)c2ccccc2)CCCC1. The van der Waals surface area contributed by atoms with E-state index in [1.807, 2.05) is 146 Å². The van der Waals surface area contributed by atoms with Crippen LogP contribution in [-0.2, 0) is 67.8 Å². The van der Waals surface area contributed by atoms with Gasteiger partial charge in [-0.3, -0.25) is 9.59 Å². The Hall–Kier alpha value is -7.19. The van der Waals surface area contributed by atoms with Crippen molar-refractivity contribution in [3.05, 3.63) is 195 Å². The molecule has 76 heavy (non-hydrogen) atoms. The molecule has 2 aliphatic carbocycles. The van der Waals surface area contributed by atoms with Crippen LogP contribution in [0.4, 0.5) is 0 Å². The lowest BCUT2D eigenvalue weighted by Crippen LogP contribution is -2.51. The minimum absolute atomic E-state index is 0.00331. The van der Waals surface area contributed by atoms with Gasteiger partial charge in [0.15, 0.2) is 12.2 Å². The van der Waals surface area contributed by atoms with E-state index in [0.717, 1.165) is 47.9 Å². The summed E-state index contributed by atoms with van der Waals surface area (Å²) in [6, 6.07) is 42.7. The summed E-state index contributed by atoms with van der Waals surface area (Å²) >= 11 is 6.68. The highest BCUT2D eigenvalue weighted by molar-refractivity contribution is 6.32. The van der Waals surface area contributed by atoms with Gasteiger partial charge in [-0.2, -0.15) is 0 Å². The standard InChI is InChI=1S/C62H63ClN2O11/c1-62(30-14-15-31-62)76-56(43-22-12-5-13-23-43)59(67)65-37-45-32-48(33-54(49(45)34-52(65)60(68)69)72-38-40-16-6-2-7-17-40)74-46-25-27-47(28-26-46)75-55(42-20-10-4-11-21-42)58(66)64-36-44-24-29-51(63)57(50(44)35-53(64)61(70)71)73-39-41-18-8-3-9-19-41/h2-13,16-24,29,32-33,46-47,52-53,55-56H,14-15,25-28,30-31,34-39H2,1H3,(H,68,69)(H,70,71). The third-order valence-corrected chi connectivity index (χ3v) is 15.7. The van der Waals surface area contributed by atoms with Crippen molar-refractivity contribution in [1.82, 2.24) is 9.80 Å². The van der Waals surface area contributed by atoms with Crippen molar-refractivity contribution >= 4 is 35.4 Å². The summed E-state index contributed by atoms with van der Waals surface area (Å²) < 4.78 is 33.0. The minimum atomic E-state index is -1.20. The average molecular weight is 1050 g/mol. The van der Waals surface area contributed by atoms with Crippen LogP contribution >= 0.6 is 11.6 Å². The maximum Gasteiger partial charge on any atom is 0.326 e. The molecule has 6 aromatic rings. The molecule has 10 rings (SSSR count). The summed E-state index contributed by atoms with van der Waals surface area (Å²) in [5.74, 6) is -1.69. The quantitative estimate of drug-likeness (QED) is 0.0843. The zero-order valence-electron chi connectivity index (χ0n) is 42.6. The Kier molecular flexibility index (Phi) is 16.1. The number of hydrogen-bond donors (Lipinski definition) is 2. The fraction of sp³-hybridized carbons (Fsp3) is 0.355. The van der Waals surface area contributed by atoms with Crippen molar-refractivity contribution in [2.24, 2.45) is 0 Å². The van der Waals surface area contributed by atoms with Gasteiger partial charge in [0.05, 0.1) is 22.8 Å². The molecule has 394 valence electrons. The molecule has 0 radical (unpaired) electrons. The van der Waals surface area contributed by atoms with E-state index >= 15 is 0 Å². The Labute approximate surface area is 448 Å². The second-order valence-electron chi connectivity index (χ2n) is 20.7. The van der Waals surface area contributed by atoms with Gasteiger partial charge in [-0.15, -0.1) is 0 Å². The number of amides is 2. The van der Waals surface area contributed by atoms with Crippen LogP contribution in [0.25, 0.3) is 0 Å². The fourth-order valence-electron chi connectivity index (χ4n) is 11.3. The largest absolute Gasteiger partial charge is 0.490 e. The van der Waals surface area contributed by atoms with Crippen molar-refractivity contribution in [3.8, 4) is 17.2 Å². The van der Waals surface area contributed by atoms with E-state index in [2.05, 4.69) is 0 Å². The highest BCUT2D eigenvalue weighted by atomic mass is 35.5. The molecule has 4 atom stereocenters. The van der Waals surface area contributed by atoms with Crippen LogP contribution < -0.4 is 14.2 Å². The molecule has 2 aliphatic heterocycles. The van der Waals surface area contributed by atoms with E-state index in [9.17, 15) is 29.4 Å². The van der Waals surface area contributed by atoms with E-state index in [0.29, 0.717) is 70.2 Å². The van der Waals surface area contributed by atoms with Gasteiger partial charge in [0.1, 0.15) is 42.5 Å². The molecule has 2 amide bonds. The molecule has 4 unspecified atom stereocenters. The van der Waals surface area contributed by atoms with E-state index in [1.54, 1.807) is 6.07 Å². The van der Waals surface area contributed by atoms with Gasteiger partial charge in [-0.05, 0) is 91.0 Å². The minimum Gasteiger partial charge on any atom is -0.490 e. The third kappa shape index (κ3) is 11.9. The number of nitrogens with zero attached hydrogens (tertiary/aromatic N) is 2. The van der Waals surface area contributed by atoms with Crippen molar-refractivity contribution in [2.45, 2.75) is 140 Å². The van der Waals surface area contributed by atoms with Crippen molar-refractivity contribution in [1.29, 1.82) is 0 Å². The average Bonchev–Trinajstić information content (AvgIpc) is 3.90. The maximum absolute atomic E-state index is 14.9. The van der Waals surface area contributed by atoms with Gasteiger partial charge in [0.2, 0.25) is 0 Å². The Balaban J connectivity index is 0.867. The van der Waals surface area contributed by atoms with Crippen LogP contribution in [0, 0.1) is 0 Å². The van der Waals surface area contributed by atoms with Gasteiger partial charge < -0.3 is 43.7 Å². The number of ether oxygens (including phenoxy) is 5. The topological polar surface area (TPSA) is 161 Å². The lowest BCUT2D eigenvalue weighted by Gasteiger charge is -2.39. The fourth-order valence-corrected chi connectivity index (χ4v) is 11.5. The number of rotatable bonds is 18. The highest BCUT2D eigenvalue weighted by Gasteiger charge is 2.44. The monoisotopic (exact) mass is 1050 g/mol. The number of carbonyl (C=O) groups is 4. The number of carbonyl (C=O) groups excluding carboxylic acids is 2. The molecule has 2 N–H and O–H groups in total. The summed E-state index contributed by atoms with van der Waals surface area (Å²) in [6.07, 6.45) is 3.23. The second-order valence-corrected chi connectivity index (χ2v) is 21.1. The molecule has 6 aromatic carbocycles. The van der Waals surface area contributed by atoms with Crippen LogP contribution in [0.3, 0.4) is 0 Å². The first-order chi connectivity index (χ1) is 36.9. The third-order valence-electron chi connectivity index (χ3n) is 15.4. The molecule has 0 saturated heterocycles. The summed E-state index contributed by atoms with van der Waals surface area (Å²) in [4.78, 5) is 58.8.